The highest BCUT2D eigenvalue weighted by molar-refractivity contribution is 5.40. The zero-order valence-corrected chi connectivity index (χ0v) is 12.8. The third kappa shape index (κ3) is 3.11. The van der Waals surface area contributed by atoms with Crippen LogP contribution in [0.2, 0.25) is 0 Å². The first-order chi connectivity index (χ1) is 10.1. The van der Waals surface area contributed by atoms with Crippen molar-refractivity contribution in [3.8, 4) is 5.75 Å². The molecule has 0 saturated carbocycles. The van der Waals surface area contributed by atoms with Crippen molar-refractivity contribution < 1.29 is 4.74 Å². The van der Waals surface area contributed by atoms with E-state index in [1.54, 1.807) is 0 Å². The van der Waals surface area contributed by atoms with Crippen LogP contribution >= 0.6 is 0 Å². The zero-order chi connectivity index (χ0) is 14.8. The Balaban J connectivity index is 1.63. The van der Waals surface area contributed by atoms with Crippen molar-refractivity contribution in [1.82, 2.24) is 0 Å². The summed E-state index contributed by atoms with van der Waals surface area (Å²) in [4.78, 5) is 0. The molecule has 2 N–H and O–H groups in total. The molecular formula is C19H23NO. The van der Waals surface area contributed by atoms with Crippen LogP contribution in [0.4, 0.5) is 0 Å². The van der Waals surface area contributed by atoms with Gasteiger partial charge in [0.25, 0.3) is 0 Å². The molecule has 21 heavy (non-hydrogen) atoms. The van der Waals surface area contributed by atoms with Crippen LogP contribution in [0.15, 0.2) is 48.5 Å². The molecule has 2 heteroatoms. The molecule has 0 aliphatic carbocycles. The highest BCUT2D eigenvalue weighted by Gasteiger charge is 2.26. The van der Waals surface area contributed by atoms with Gasteiger partial charge in [0, 0.05) is 12.5 Å². The SMILES string of the molecule is Cc1ccc2c(c1)CC(CC(C)C(N)c1ccccc1)O2. The van der Waals surface area contributed by atoms with Crippen LogP contribution in [-0.2, 0) is 6.42 Å². The van der Waals surface area contributed by atoms with Crippen LogP contribution in [0.5, 0.6) is 5.75 Å². The van der Waals surface area contributed by atoms with E-state index in [1.807, 2.05) is 18.2 Å². The first-order valence-electron chi connectivity index (χ1n) is 7.70. The van der Waals surface area contributed by atoms with Gasteiger partial charge in [-0.15, -0.1) is 0 Å². The van der Waals surface area contributed by atoms with Gasteiger partial charge in [-0.3, -0.25) is 0 Å². The van der Waals surface area contributed by atoms with Crippen LogP contribution in [-0.4, -0.2) is 6.10 Å². The van der Waals surface area contributed by atoms with Gasteiger partial charge >= 0.3 is 0 Å². The lowest BCUT2D eigenvalue weighted by molar-refractivity contribution is 0.189. The Morgan fingerprint density at radius 2 is 1.95 bits per heavy atom. The number of hydrogen-bond acceptors (Lipinski definition) is 2. The number of aryl methyl sites for hydroxylation is 1. The minimum Gasteiger partial charge on any atom is -0.490 e. The van der Waals surface area contributed by atoms with Crippen molar-refractivity contribution in [2.75, 3.05) is 0 Å². The molecule has 110 valence electrons. The Labute approximate surface area is 126 Å². The molecule has 1 heterocycles. The lowest BCUT2D eigenvalue weighted by Gasteiger charge is -2.23. The largest absolute Gasteiger partial charge is 0.490 e. The molecule has 0 fully saturated rings. The fraction of sp³-hybridized carbons (Fsp3) is 0.368. The van der Waals surface area contributed by atoms with E-state index in [1.165, 1.54) is 16.7 Å². The second kappa shape index (κ2) is 5.90. The molecule has 3 atom stereocenters. The summed E-state index contributed by atoms with van der Waals surface area (Å²) in [5.74, 6) is 1.44. The van der Waals surface area contributed by atoms with Crippen LogP contribution < -0.4 is 10.5 Å². The van der Waals surface area contributed by atoms with Gasteiger partial charge in [-0.25, -0.2) is 0 Å². The number of fused-ring (bicyclic) bond motifs is 1. The van der Waals surface area contributed by atoms with Crippen molar-refractivity contribution in [2.24, 2.45) is 11.7 Å². The molecule has 1 aliphatic heterocycles. The second-order valence-electron chi connectivity index (χ2n) is 6.20. The maximum absolute atomic E-state index is 6.39. The van der Waals surface area contributed by atoms with Crippen LogP contribution in [0.3, 0.4) is 0 Å². The van der Waals surface area contributed by atoms with Gasteiger partial charge < -0.3 is 10.5 Å². The van der Waals surface area contributed by atoms with Gasteiger partial charge in [-0.1, -0.05) is 55.0 Å². The number of benzene rings is 2. The van der Waals surface area contributed by atoms with Gasteiger partial charge in [0.15, 0.2) is 0 Å². The monoisotopic (exact) mass is 281 g/mol. The third-order valence-corrected chi connectivity index (χ3v) is 4.39. The summed E-state index contributed by atoms with van der Waals surface area (Å²) in [6, 6.07) is 16.8. The quantitative estimate of drug-likeness (QED) is 0.918. The van der Waals surface area contributed by atoms with Gasteiger partial charge in [0.05, 0.1) is 0 Å². The molecule has 0 amide bonds. The third-order valence-electron chi connectivity index (χ3n) is 4.39. The van der Waals surface area contributed by atoms with Gasteiger partial charge in [-0.2, -0.15) is 0 Å². The van der Waals surface area contributed by atoms with Crippen molar-refractivity contribution in [3.05, 3.63) is 65.2 Å². The Hall–Kier alpha value is -1.80. The molecule has 2 aromatic rings. The fourth-order valence-corrected chi connectivity index (χ4v) is 3.15. The second-order valence-corrected chi connectivity index (χ2v) is 6.20. The summed E-state index contributed by atoms with van der Waals surface area (Å²) in [5, 5.41) is 0. The molecule has 1 aliphatic rings. The maximum Gasteiger partial charge on any atom is 0.123 e. The van der Waals surface area contributed by atoms with Crippen LogP contribution in [0.1, 0.15) is 36.1 Å². The number of nitrogens with two attached hydrogens (primary N) is 1. The minimum atomic E-state index is 0.0697. The smallest absolute Gasteiger partial charge is 0.123 e. The summed E-state index contributed by atoms with van der Waals surface area (Å²) in [5.41, 5.74) is 10.2. The van der Waals surface area contributed by atoms with Crippen molar-refractivity contribution >= 4 is 0 Å². The zero-order valence-electron chi connectivity index (χ0n) is 12.8. The molecule has 0 bridgehead atoms. The molecule has 3 unspecified atom stereocenters. The lowest BCUT2D eigenvalue weighted by Crippen LogP contribution is -2.25. The summed E-state index contributed by atoms with van der Waals surface area (Å²) in [6.45, 7) is 4.34. The fourth-order valence-electron chi connectivity index (χ4n) is 3.15. The van der Waals surface area contributed by atoms with Crippen molar-refractivity contribution in [1.29, 1.82) is 0 Å². The predicted octanol–water partition coefficient (Wildman–Crippen LogP) is 4.02. The van der Waals surface area contributed by atoms with Crippen molar-refractivity contribution in [3.63, 3.8) is 0 Å². The molecule has 3 rings (SSSR count). The predicted molar refractivity (Wildman–Crippen MR) is 86.5 cm³/mol. The number of ether oxygens (including phenoxy) is 1. The van der Waals surface area contributed by atoms with E-state index in [0.717, 1.165) is 18.6 Å². The van der Waals surface area contributed by atoms with Gasteiger partial charge in [0.1, 0.15) is 11.9 Å². The van der Waals surface area contributed by atoms with E-state index in [-0.39, 0.29) is 12.1 Å². The summed E-state index contributed by atoms with van der Waals surface area (Å²) in [7, 11) is 0. The molecular weight excluding hydrogens is 258 g/mol. The van der Waals surface area contributed by atoms with E-state index in [9.17, 15) is 0 Å². The van der Waals surface area contributed by atoms with E-state index < -0.39 is 0 Å². The molecule has 0 saturated heterocycles. The first kappa shape index (κ1) is 14.2. The van der Waals surface area contributed by atoms with Gasteiger partial charge in [-0.05, 0) is 36.5 Å². The van der Waals surface area contributed by atoms with E-state index in [4.69, 9.17) is 10.5 Å². The Kier molecular flexibility index (Phi) is 3.98. The first-order valence-corrected chi connectivity index (χ1v) is 7.70. The number of rotatable bonds is 4. The Bertz CT molecular complexity index is 608. The normalized spacial score (nSPS) is 19.7. The van der Waals surface area contributed by atoms with E-state index in [2.05, 4.69) is 44.2 Å². The molecule has 0 radical (unpaired) electrons. The van der Waals surface area contributed by atoms with E-state index >= 15 is 0 Å². The average molecular weight is 281 g/mol. The molecule has 0 spiro atoms. The topological polar surface area (TPSA) is 35.2 Å². The van der Waals surface area contributed by atoms with Crippen molar-refractivity contribution in [2.45, 2.75) is 38.8 Å². The van der Waals surface area contributed by atoms with E-state index in [0.29, 0.717) is 5.92 Å². The highest BCUT2D eigenvalue weighted by atomic mass is 16.5. The summed E-state index contributed by atoms with van der Waals surface area (Å²) < 4.78 is 6.06. The minimum absolute atomic E-state index is 0.0697. The molecule has 0 aromatic heterocycles. The average Bonchev–Trinajstić information content (AvgIpc) is 2.88. The standard InChI is InChI=1S/C19H23NO/c1-13-8-9-18-16(10-13)12-17(21-18)11-14(2)19(20)15-6-4-3-5-7-15/h3-10,14,17,19H,11-12,20H2,1-2H3. The van der Waals surface area contributed by atoms with Crippen LogP contribution in [0.25, 0.3) is 0 Å². The molecule has 2 aromatic carbocycles. The van der Waals surface area contributed by atoms with Gasteiger partial charge in [0.2, 0.25) is 0 Å². The summed E-state index contributed by atoms with van der Waals surface area (Å²) in [6.07, 6.45) is 2.25. The Morgan fingerprint density at radius 3 is 2.71 bits per heavy atom. The lowest BCUT2D eigenvalue weighted by atomic mass is 9.89. The highest BCUT2D eigenvalue weighted by Crippen LogP contribution is 2.33. The Morgan fingerprint density at radius 1 is 1.19 bits per heavy atom. The molecule has 2 nitrogen and oxygen atoms in total. The van der Waals surface area contributed by atoms with Crippen LogP contribution in [0, 0.1) is 12.8 Å². The summed E-state index contributed by atoms with van der Waals surface area (Å²) >= 11 is 0. The maximum atomic E-state index is 6.39. The number of hydrogen-bond donors (Lipinski definition) is 1.